The Morgan fingerprint density at radius 3 is 2.58 bits per heavy atom. The maximum atomic E-state index is 13.0. The van der Waals surface area contributed by atoms with E-state index in [0.29, 0.717) is 16.8 Å². The number of aromatic nitrogens is 3. The Hall–Kier alpha value is -2.86. The molecule has 1 aromatic carbocycles. The lowest BCUT2D eigenvalue weighted by atomic mass is 10.1. The van der Waals surface area contributed by atoms with Gasteiger partial charge in [-0.1, -0.05) is 17.7 Å². The molecule has 0 saturated carbocycles. The molecule has 7 heteroatoms. The first-order valence-corrected chi connectivity index (χ1v) is 7.45. The van der Waals surface area contributed by atoms with Crippen LogP contribution < -0.4 is 5.32 Å². The number of nitrogens with one attached hydrogen (secondary N) is 1. The van der Waals surface area contributed by atoms with Gasteiger partial charge in [0, 0.05) is 35.7 Å². The van der Waals surface area contributed by atoms with Crippen LogP contribution in [0.5, 0.6) is 0 Å². The third-order valence-corrected chi connectivity index (χ3v) is 3.69. The maximum absolute atomic E-state index is 13.0. The Labute approximate surface area is 142 Å². The summed E-state index contributed by atoms with van der Waals surface area (Å²) >= 11 is 5.93. The van der Waals surface area contributed by atoms with E-state index in [2.05, 4.69) is 20.3 Å². The normalized spacial score (nSPS) is 10.4. The number of carbonyl (C=O) groups excluding carboxylic acids is 1. The first-order chi connectivity index (χ1) is 11.6. The monoisotopic (exact) mass is 342 g/mol. The van der Waals surface area contributed by atoms with E-state index in [-0.39, 0.29) is 17.5 Å². The van der Waals surface area contributed by atoms with Gasteiger partial charge in [0.25, 0.3) is 5.91 Å². The first kappa shape index (κ1) is 16.0. The van der Waals surface area contributed by atoms with Gasteiger partial charge in [-0.25, -0.2) is 14.4 Å². The first-order valence-electron chi connectivity index (χ1n) is 7.07. The average Bonchev–Trinajstić information content (AvgIpc) is 2.62. The molecule has 0 bridgehead atoms. The lowest BCUT2D eigenvalue weighted by Gasteiger charge is -2.07. The van der Waals surface area contributed by atoms with Gasteiger partial charge in [-0.2, -0.15) is 0 Å². The maximum Gasteiger partial charge on any atom is 0.253 e. The predicted octanol–water partition coefficient (Wildman–Crippen LogP) is 3.26. The van der Waals surface area contributed by atoms with Crippen LogP contribution in [0, 0.1) is 5.82 Å². The number of carbonyl (C=O) groups is 1. The van der Waals surface area contributed by atoms with E-state index in [1.165, 1.54) is 30.7 Å². The van der Waals surface area contributed by atoms with Gasteiger partial charge in [0.15, 0.2) is 0 Å². The van der Waals surface area contributed by atoms with Crippen LogP contribution in [0.1, 0.15) is 15.9 Å². The van der Waals surface area contributed by atoms with E-state index in [0.717, 1.165) is 5.56 Å². The van der Waals surface area contributed by atoms with E-state index in [1.54, 1.807) is 24.5 Å². The third-order valence-electron chi connectivity index (χ3n) is 3.34. The van der Waals surface area contributed by atoms with Crippen molar-refractivity contribution in [2.24, 2.45) is 0 Å². The van der Waals surface area contributed by atoms with Crippen molar-refractivity contribution in [2.45, 2.75) is 6.54 Å². The van der Waals surface area contributed by atoms with Gasteiger partial charge in [-0.3, -0.25) is 9.78 Å². The zero-order valence-electron chi connectivity index (χ0n) is 12.4. The Kier molecular flexibility index (Phi) is 4.77. The molecule has 0 fully saturated rings. The van der Waals surface area contributed by atoms with Gasteiger partial charge in [-0.05, 0) is 29.8 Å². The van der Waals surface area contributed by atoms with Crippen molar-refractivity contribution in [3.63, 3.8) is 0 Å². The summed E-state index contributed by atoms with van der Waals surface area (Å²) in [7, 11) is 0. The van der Waals surface area contributed by atoms with Crippen molar-refractivity contribution in [2.75, 3.05) is 0 Å². The highest BCUT2D eigenvalue weighted by Crippen LogP contribution is 2.17. The van der Waals surface area contributed by atoms with E-state index in [4.69, 9.17) is 11.6 Å². The Morgan fingerprint density at radius 1 is 1.12 bits per heavy atom. The van der Waals surface area contributed by atoms with Crippen molar-refractivity contribution in [3.8, 4) is 11.3 Å². The second-order valence-electron chi connectivity index (χ2n) is 4.98. The van der Waals surface area contributed by atoms with Gasteiger partial charge in [0.05, 0.1) is 11.3 Å². The van der Waals surface area contributed by atoms with Crippen molar-refractivity contribution in [1.82, 2.24) is 20.3 Å². The number of pyridine rings is 1. The summed E-state index contributed by atoms with van der Waals surface area (Å²) in [5.41, 5.74) is 2.49. The number of nitrogens with zero attached hydrogens (tertiary/aromatic N) is 3. The second kappa shape index (κ2) is 7.14. The number of halogens is 2. The molecule has 0 aliphatic carbocycles. The quantitative estimate of drug-likeness (QED) is 0.790. The molecular formula is C17H12ClFN4O. The van der Waals surface area contributed by atoms with Gasteiger partial charge in [-0.15, -0.1) is 0 Å². The molecule has 24 heavy (non-hydrogen) atoms. The summed E-state index contributed by atoms with van der Waals surface area (Å²) < 4.78 is 13.0. The largest absolute Gasteiger partial charge is 0.348 e. The van der Waals surface area contributed by atoms with Gasteiger partial charge < -0.3 is 5.32 Å². The fourth-order valence-corrected chi connectivity index (χ4v) is 2.31. The van der Waals surface area contributed by atoms with Crippen LogP contribution in [-0.4, -0.2) is 20.9 Å². The molecule has 1 N–H and O–H groups in total. The smallest absolute Gasteiger partial charge is 0.253 e. The fourth-order valence-electron chi connectivity index (χ4n) is 2.07. The van der Waals surface area contributed by atoms with E-state index in [9.17, 15) is 9.18 Å². The van der Waals surface area contributed by atoms with Crippen LogP contribution in [-0.2, 0) is 6.54 Å². The molecule has 0 atom stereocenters. The predicted molar refractivity (Wildman–Crippen MR) is 87.8 cm³/mol. The molecule has 0 unspecified atom stereocenters. The number of benzene rings is 1. The SMILES string of the molecule is O=C(NCc1ccc(F)cc1Cl)c1ccc(-c2cncnc2)nc1. The lowest BCUT2D eigenvalue weighted by Crippen LogP contribution is -2.23. The van der Waals surface area contributed by atoms with E-state index in [1.807, 2.05) is 0 Å². The molecule has 0 aliphatic rings. The standard InChI is InChI=1S/C17H12ClFN4O/c18-15-5-14(19)3-1-11(15)8-23-17(24)12-2-4-16(22-9-12)13-6-20-10-21-7-13/h1-7,9-10H,8H2,(H,23,24). The topological polar surface area (TPSA) is 67.8 Å². The number of amides is 1. The van der Waals surface area contributed by atoms with Crippen LogP contribution in [0.25, 0.3) is 11.3 Å². The zero-order valence-corrected chi connectivity index (χ0v) is 13.2. The van der Waals surface area contributed by atoms with Crippen LogP contribution in [0.15, 0.2) is 55.2 Å². The van der Waals surface area contributed by atoms with Crippen LogP contribution in [0.3, 0.4) is 0 Å². The molecular weight excluding hydrogens is 331 g/mol. The van der Waals surface area contributed by atoms with Gasteiger partial charge in [0.2, 0.25) is 0 Å². The summed E-state index contributed by atoms with van der Waals surface area (Å²) in [5, 5.41) is 3.00. The molecule has 5 nitrogen and oxygen atoms in total. The number of hydrogen-bond acceptors (Lipinski definition) is 4. The molecule has 2 aromatic heterocycles. The fraction of sp³-hybridized carbons (Fsp3) is 0.0588. The van der Waals surface area contributed by atoms with Gasteiger partial charge >= 0.3 is 0 Å². The summed E-state index contributed by atoms with van der Waals surface area (Å²) in [6.07, 6.45) is 6.20. The molecule has 3 aromatic rings. The molecule has 2 heterocycles. The van der Waals surface area contributed by atoms with Crippen LogP contribution in [0.4, 0.5) is 4.39 Å². The van der Waals surface area contributed by atoms with Crippen molar-refractivity contribution in [1.29, 1.82) is 0 Å². The van der Waals surface area contributed by atoms with Crippen LogP contribution >= 0.6 is 11.6 Å². The van der Waals surface area contributed by atoms with E-state index >= 15 is 0 Å². The Bertz CT molecular complexity index is 856. The summed E-state index contributed by atoms with van der Waals surface area (Å²) in [6.45, 7) is 0.201. The molecule has 0 saturated heterocycles. The van der Waals surface area contributed by atoms with Crippen LogP contribution in [0.2, 0.25) is 5.02 Å². The third kappa shape index (κ3) is 3.72. The van der Waals surface area contributed by atoms with Crippen molar-refractivity contribution < 1.29 is 9.18 Å². The molecule has 0 radical (unpaired) electrons. The highest BCUT2D eigenvalue weighted by molar-refractivity contribution is 6.31. The Balaban J connectivity index is 1.67. The second-order valence-corrected chi connectivity index (χ2v) is 5.38. The zero-order chi connectivity index (χ0) is 16.9. The van der Waals surface area contributed by atoms with Crippen molar-refractivity contribution in [3.05, 3.63) is 77.2 Å². The summed E-state index contributed by atoms with van der Waals surface area (Å²) in [5.74, 6) is -0.710. The Morgan fingerprint density at radius 2 is 1.92 bits per heavy atom. The van der Waals surface area contributed by atoms with E-state index < -0.39 is 5.82 Å². The minimum absolute atomic E-state index is 0.201. The number of rotatable bonds is 4. The molecule has 1 amide bonds. The lowest BCUT2D eigenvalue weighted by molar-refractivity contribution is 0.0950. The molecule has 120 valence electrons. The minimum Gasteiger partial charge on any atom is -0.348 e. The van der Waals surface area contributed by atoms with Gasteiger partial charge in [0.1, 0.15) is 12.1 Å². The average molecular weight is 343 g/mol. The molecule has 3 rings (SSSR count). The van der Waals surface area contributed by atoms with Crippen molar-refractivity contribution >= 4 is 17.5 Å². The molecule has 0 aliphatic heterocycles. The summed E-state index contributed by atoms with van der Waals surface area (Å²) in [4.78, 5) is 24.2. The highest BCUT2D eigenvalue weighted by atomic mass is 35.5. The minimum atomic E-state index is -0.417. The molecule has 0 spiro atoms. The number of hydrogen-bond donors (Lipinski definition) is 1. The highest BCUT2D eigenvalue weighted by Gasteiger charge is 2.09. The summed E-state index contributed by atoms with van der Waals surface area (Å²) in [6, 6.07) is 7.43.